The minimum Gasteiger partial charge on any atom is -0.394 e. The lowest BCUT2D eigenvalue weighted by molar-refractivity contribution is -0.0289. The molecule has 0 saturated heterocycles. The molecule has 3 N–H and O–H groups in total. The molecule has 0 aliphatic heterocycles. The Morgan fingerprint density at radius 3 is 2.64 bits per heavy atom. The molecule has 0 spiro atoms. The Hall–Kier alpha value is -0.120. The average Bonchev–Trinajstić information content (AvgIpc) is 1.84. The third-order valence-electron chi connectivity index (χ3n) is 2.06. The van der Waals surface area contributed by atoms with Crippen LogP contribution in [0.4, 0.5) is 0 Å². The summed E-state index contributed by atoms with van der Waals surface area (Å²) in [6.07, 6.45) is 3.98. The summed E-state index contributed by atoms with van der Waals surface area (Å²) in [5.74, 6) is 0. The van der Waals surface area contributed by atoms with E-state index in [1.54, 1.807) is 6.92 Å². The highest BCUT2D eigenvalue weighted by Crippen LogP contribution is 2.22. The van der Waals surface area contributed by atoms with E-state index in [2.05, 4.69) is 0 Å². The summed E-state index contributed by atoms with van der Waals surface area (Å²) in [6.45, 7) is 2.25. The van der Waals surface area contributed by atoms with Gasteiger partial charge in [-0.15, -0.1) is 0 Å². The van der Waals surface area contributed by atoms with Gasteiger partial charge in [0.1, 0.15) is 0 Å². The molecule has 1 aliphatic rings. The molecule has 0 heterocycles. The first kappa shape index (κ1) is 8.97. The summed E-state index contributed by atoms with van der Waals surface area (Å²) in [5.41, 5.74) is 5.11. The van der Waals surface area contributed by atoms with Gasteiger partial charge in [-0.1, -0.05) is 0 Å². The molecule has 0 aromatic rings. The van der Waals surface area contributed by atoms with E-state index in [1.807, 2.05) is 0 Å². The smallest absolute Gasteiger partial charge is 0.0669 e. The maximum Gasteiger partial charge on any atom is 0.0669 e. The second-order valence-corrected chi connectivity index (χ2v) is 3.68. The third kappa shape index (κ3) is 2.77. The van der Waals surface area contributed by atoms with Gasteiger partial charge >= 0.3 is 0 Å². The zero-order valence-electron chi connectivity index (χ0n) is 7.05. The molecular formula is C8H17NO2. The Morgan fingerprint density at radius 2 is 2.27 bits per heavy atom. The van der Waals surface area contributed by atoms with Crippen LogP contribution in [0.2, 0.25) is 0 Å². The number of hydrogen-bond donors (Lipinski definition) is 2. The first-order chi connectivity index (χ1) is 5.14. The predicted molar refractivity (Wildman–Crippen MR) is 43.3 cm³/mol. The van der Waals surface area contributed by atoms with Gasteiger partial charge in [0.25, 0.3) is 0 Å². The number of nitrogens with two attached hydrogens (primary N) is 1. The minimum atomic E-state index is -0.560. The normalized spacial score (nSPS) is 24.3. The molecule has 66 valence electrons. The van der Waals surface area contributed by atoms with Gasteiger partial charge in [-0.25, -0.2) is 0 Å². The fraction of sp³-hybridized carbons (Fsp3) is 1.00. The molecular weight excluding hydrogens is 142 g/mol. The number of hydrogen-bond acceptors (Lipinski definition) is 3. The van der Waals surface area contributed by atoms with Gasteiger partial charge in [0, 0.05) is 0 Å². The number of aliphatic hydroxyl groups is 1. The summed E-state index contributed by atoms with van der Waals surface area (Å²) < 4.78 is 5.45. The number of rotatable bonds is 4. The van der Waals surface area contributed by atoms with Gasteiger partial charge in [-0.3, -0.25) is 0 Å². The molecule has 0 radical (unpaired) electrons. The van der Waals surface area contributed by atoms with Crippen LogP contribution < -0.4 is 5.73 Å². The SMILES string of the molecule is CC(N)(CO)COC1CCC1. The maximum absolute atomic E-state index is 8.79. The van der Waals surface area contributed by atoms with Crippen molar-refractivity contribution in [3.8, 4) is 0 Å². The number of ether oxygens (including phenoxy) is 1. The summed E-state index contributed by atoms with van der Waals surface area (Å²) in [7, 11) is 0. The molecule has 1 saturated carbocycles. The molecule has 0 aromatic carbocycles. The van der Waals surface area contributed by atoms with Crippen molar-refractivity contribution in [2.75, 3.05) is 13.2 Å². The average molecular weight is 159 g/mol. The zero-order chi connectivity index (χ0) is 8.32. The van der Waals surface area contributed by atoms with Gasteiger partial charge in [0.15, 0.2) is 0 Å². The van der Waals surface area contributed by atoms with Gasteiger partial charge in [0.05, 0.1) is 24.9 Å². The van der Waals surface area contributed by atoms with E-state index in [0.29, 0.717) is 12.7 Å². The molecule has 3 nitrogen and oxygen atoms in total. The van der Waals surface area contributed by atoms with E-state index in [1.165, 1.54) is 6.42 Å². The molecule has 1 aliphatic carbocycles. The lowest BCUT2D eigenvalue weighted by Crippen LogP contribution is -2.46. The Labute approximate surface area is 67.5 Å². The molecule has 1 atom stereocenters. The summed E-state index contributed by atoms with van der Waals surface area (Å²) in [4.78, 5) is 0. The minimum absolute atomic E-state index is 0.0142. The van der Waals surface area contributed by atoms with E-state index in [-0.39, 0.29) is 6.61 Å². The molecule has 0 aromatic heterocycles. The Bertz CT molecular complexity index is 121. The molecule has 0 bridgehead atoms. The maximum atomic E-state index is 8.79. The Kier molecular flexibility index (Phi) is 2.87. The molecule has 1 unspecified atom stereocenters. The van der Waals surface area contributed by atoms with Crippen LogP contribution >= 0.6 is 0 Å². The van der Waals surface area contributed by atoms with Crippen LogP contribution in [0.25, 0.3) is 0 Å². The van der Waals surface area contributed by atoms with Crippen LogP contribution in [0.5, 0.6) is 0 Å². The van der Waals surface area contributed by atoms with Crippen molar-refractivity contribution >= 4 is 0 Å². The van der Waals surface area contributed by atoms with Crippen LogP contribution in [-0.2, 0) is 4.74 Å². The van der Waals surface area contributed by atoms with E-state index < -0.39 is 5.54 Å². The van der Waals surface area contributed by atoms with Crippen molar-refractivity contribution in [1.29, 1.82) is 0 Å². The van der Waals surface area contributed by atoms with Crippen molar-refractivity contribution in [3.63, 3.8) is 0 Å². The molecule has 11 heavy (non-hydrogen) atoms. The molecule has 3 heteroatoms. The predicted octanol–water partition coefficient (Wildman–Crippen LogP) is 0.265. The van der Waals surface area contributed by atoms with Crippen molar-refractivity contribution < 1.29 is 9.84 Å². The van der Waals surface area contributed by atoms with E-state index in [0.717, 1.165) is 12.8 Å². The van der Waals surface area contributed by atoms with Crippen LogP contribution in [0, 0.1) is 0 Å². The largest absolute Gasteiger partial charge is 0.394 e. The summed E-state index contributed by atoms with van der Waals surface area (Å²) in [5, 5.41) is 8.79. The van der Waals surface area contributed by atoms with Crippen molar-refractivity contribution in [2.45, 2.75) is 37.8 Å². The fourth-order valence-corrected chi connectivity index (χ4v) is 0.891. The lowest BCUT2D eigenvalue weighted by Gasteiger charge is -2.30. The van der Waals surface area contributed by atoms with Crippen LogP contribution in [0.1, 0.15) is 26.2 Å². The number of aliphatic hydroxyl groups excluding tert-OH is 1. The second-order valence-electron chi connectivity index (χ2n) is 3.68. The van der Waals surface area contributed by atoms with E-state index in [9.17, 15) is 0 Å². The van der Waals surface area contributed by atoms with Crippen molar-refractivity contribution in [3.05, 3.63) is 0 Å². The monoisotopic (exact) mass is 159 g/mol. The van der Waals surface area contributed by atoms with E-state index >= 15 is 0 Å². The third-order valence-corrected chi connectivity index (χ3v) is 2.06. The first-order valence-electron chi connectivity index (χ1n) is 4.15. The van der Waals surface area contributed by atoms with Gasteiger partial charge < -0.3 is 15.6 Å². The Balaban J connectivity index is 2.09. The lowest BCUT2D eigenvalue weighted by atomic mass is 9.96. The van der Waals surface area contributed by atoms with Crippen molar-refractivity contribution in [1.82, 2.24) is 0 Å². The van der Waals surface area contributed by atoms with E-state index in [4.69, 9.17) is 15.6 Å². The van der Waals surface area contributed by atoms with Gasteiger partial charge in [-0.2, -0.15) is 0 Å². The fourth-order valence-electron chi connectivity index (χ4n) is 0.891. The summed E-state index contributed by atoms with van der Waals surface area (Å²) in [6, 6.07) is 0. The highest BCUT2D eigenvalue weighted by molar-refractivity contribution is 4.79. The zero-order valence-corrected chi connectivity index (χ0v) is 7.05. The quantitative estimate of drug-likeness (QED) is 0.619. The van der Waals surface area contributed by atoms with Crippen LogP contribution in [-0.4, -0.2) is 30.0 Å². The Morgan fingerprint density at radius 1 is 1.64 bits per heavy atom. The first-order valence-corrected chi connectivity index (χ1v) is 4.15. The van der Waals surface area contributed by atoms with Crippen LogP contribution in [0.15, 0.2) is 0 Å². The topological polar surface area (TPSA) is 55.5 Å². The van der Waals surface area contributed by atoms with Gasteiger partial charge in [0.2, 0.25) is 0 Å². The summed E-state index contributed by atoms with van der Waals surface area (Å²) >= 11 is 0. The molecule has 1 fully saturated rings. The molecule has 1 rings (SSSR count). The van der Waals surface area contributed by atoms with Gasteiger partial charge in [-0.05, 0) is 26.2 Å². The van der Waals surface area contributed by atoms with Crippen molar-refractivity contribution in [2.24, 2.45) is 5.73 Å². The highest BCUT2D eigenvalue weighted by Gasteiger charge is 2.23. The second kappa shape index (κ2) is 3.52. The van der Waals surface area contributed by atoms with Crippen LogP contribution in [0.3, 0.4) is 0 Å². The standard InChI is InChI=1S/C8H17NO2/c1-8(9,5-10)6-11-7-3-2-4-7/h7,10H,2-6,9H2,1H3. The molecule has 0 amide bonds. The highest BCUT2D eigenvalue weighted by atomic mass is 16.5.